The molecule has 0 aliphatic heterocycles. The summed E-state index contributed by atoms with van der Waals surface area (Å²) in [4.78, 5) is 65.1. The van der Waals surface area contributed by atoms with Gasteiger partial charge in [0.15, 0.2) is 6.35 Å². The van der Waals surface area contributed by atoms with Crippen LogP contribution < -0.4 is 42.0 Å². The van der Waals surface area contributed by atoms with Gasteiger partial charge in [0, 0.05) is 35.9 Å². The molecule has 0 saturated heterocycles. The molecule has 0 spiro atoms. The summed E-state index contributed by atoms with van der Waals surface area (Å²) in [6.07, 6.45) is 3.28. The number of rotatable bonds is 23. The van der Waals surface area contributed by atoms with Crippen molar-refractivity contribution in [2.24, 2.45) is 0 Å². The van der Waals surface area contributed by atoms with Gasteiger partial charge in [-0.1, -0.05) is 110 Å². The number of fused-ring (bicyclic) bond motifs is 2. The fourth-order valence-electron chi connectivity index (χ4n) is 10.4. The molecule has 2 aliphatic carbocycles. The normalized spacial score (nSPS) is 16.0. The van der Waals surface area contributed by atoms with E-state index in [4.69, 9.17) is 16.3 Å². The number of urea groups is 1. The number of carboxylic acids is 2. The number of amides is 4. The minimum atomic E-state index is -1.44. The van der Waals surface area contributed by atoms with Crippen molar-refractivity contribution >= 4 is 52.8 Å². The number of aliphatic carboxylic acids is 2. The summed E-state index contributed by atoms with van der Waals surface area (Å²) < 4.78 is 5.88. The summed E-state index contributed by atoms with van der Waals surface area (Å²) in [6.45, 7) is 7.27. The molecule has 8 rings (SSSR count). The summed E-state index contributed by atoms with van der Waals surface area (Å²) in [5.41, 5.74) is 11.6. The maximum atomic E-state index is 13.8. The first-order chi connectivity index (χ1) is 37.0. The topological polar surface area (TPSA) is 239 Å². The van der Waals surface area contributed by atoms with E-state index in [0.29, 0.717) is 59.6 Å². The van der Waals surface area contributed by atoms with Crippen molar-refractivity contribution < 1.29 is 44.0 Å². The Morgan fingerprint density at radius 2 is 1.40 bits per heavy atom. The average Bonchev–Trinajstić information content (AvgIpc) is 4.01. The van der Waals surface area contributed by atoms with E-state index in [9.17, 15) is 39.3 Å². The highest BCUT2D eigenvalue weighted by molar-refractivity contribution is 6.34. The number of hydrogen-bond acceptors (Lipinski definition) is 10. The molecule has 2 unspecified atom stereocenters. The van der Waals surface area contributed by atoms with Crippen LogP contribution >= 0.6 is 11.6 Å². The third kappa shape index (κ3) is 14.0. The largest absolute Gasteiger partial charge is 0.493 e. The molecule has 6 aromatic carbocycles. The molecule has 0 saturated carbocycles. The Morgan fingerprint density at radius 1 is 0.714 bits per heavy atom. The molecule has 16 nitrogen and oxygen atoms in total. The van der Waals surface area contributed by atoms with Gasteiger partial charge in [0.2, 0.25) is 0 Å². The third-order valence-electron chi connectivity index (χ3n) is 14.5. The Labute approximate surface area is 453 Å². The summed E-state index contributed by atoms with van der Waals surface area (Å²) in [7, 11) is 0. The van der Waals surface area contributed by atoms with Gasteiger partial charge in [-0.2, -0.15) is 0 Å². The molecule has 6 aromatic rings. The molecule has 0 fully saturated rings. The molecule has 0 aromatic heterocycles. The lowest BCUT2D eigenvalue weighted by atomic mass is 9.90. The van der Waals surface area contributed by atoms with Crippen LogP contribution in [0.5, 0.6) is 5.75 Å². The summed E-state index contributed by atoms with van der Waals surface area (Å²) in [5.74, 6) is -3.24. The number of ether oxygens (including phenoxy) is 1. The highest BCUT2D eigenvalue weighted by Gasteiger charge is 2.30. The Hall–Kier alpha value is -7.76. The zero-order chi connectivity index (χ0) is 54.8. The molecule has 17 heteroatoms. The Balaban J connectivity index is 0.831. The van der Waals surface area contributed by atoms with Gasteiger partial charge in [-0.15, -0.1) is 0 Å². The van der Waals surface area contributed by atoms with Crippen molar-refractivity contribution in [1.29, 1.82) is 0 Å². The first-order valence-corrected chi connectivity index (χ1v) is 26.3. The summed E-state index contributed by atoms with van der Waals surface area (Å²) in [5, 5.41) is 51.1. The van der Waals surface area contributed by atoms with E-state index < -0.39 is 48.2 Å². The van der Waals surface area contributed by atoms with Gasteiger partial charge in [0.05, 0.1) is 29.8 Å². The highest BCUT2D eigenvalue weighted by atomic mass is 35.5. The van der Waals surface area contributed by atoms with Crippen LogP contribution in [0.15, 0.2) is 121 Å². The van der Waals surface area contributed by atoms with Crippen LogP contribution in [0.2, 0.25) is 5.02 Å². The fourth-order valence-corrected chi connectivity index (χ4v) is 10.8. The predicted molar refractivity (Wildman–Crippen MR) is 296 cm³/mol. The first kappa shape index (κ1) is 55.5. The Kier molecular flexibility index (Phi) is 18.3. The minimum absolute atomic E-state index is 0.0804. The van der Waals surface area contributed by atoms with Crippen molar-refractivity contribution in [3.05, 3.63) is 193 Å². The van der Waals surface area contributed by atoms with E-state index in [-0.39, 0.29) is 41.7 Å². The molecule has 2 aliphatic rings. The average molecular weight is 1060 g/mol. The number of anilines is 2. The van der Waals surface area contributed by atoms with Crippen LogP contribution in [-0.2, 0) is 35.3 Å². The van der Waals surface area contributed by atoms with Crippen molar-refractivity contribution in [3.63, 3.8) is 0 Å². The van der Waals surface area contributed by atoms with Crippen LogP contribution in [0, 0.1) is 20.8 Å². The van der Waals surface area contributed by atoms with Gasteiger partial charge in [0.1, 0.15) is 17.8 Å². The van der Waals surface area contributed by atoms with Crippen LogP contribution in [0.1, 0.15) is 114 Å². The number of aliphatic hydroxyl groups is 1. The van der Waals surface area contributed by atoms with Crippen LogP contribution in [-0.4, -0.2) is 83.2 Å². The second kappa shape index (κ2) is 25.4. The molecule has 6 atom stereocenters. The predicted octanol–water partition coefficient (Wildman–Crippen LogP) is 8.47. The van der Waals surface area contributed by atoms with Gasteiger partial charge in [-0.25, -0.2) is 14.4 Å². The van der Waals surface area contributed by atoms with E-state index in [2.05, 4.69) is 68.4 Å². The number of carbonyl (C=O) groups is 5. The second-order valence-corrected chi connectivity index (χ2v) is 20.3. The number of aryl methyl sites for hydroxylation is 3. The van der Waals surface area contributed by atoms with E-state index in [0.717, 1.165) is 58.3 Å². The molecule has 4 amide bonds. The first-order valence-electron chi connectivity index (χ1n) is 25.9. The molecule has 10 N–H and O–H groups in total. The third-order valence-corrected chi connectivity index (χ3v) is 14.8. The van der Waals surface area contributed by atoms with Crippen LogP contribution in [0.25, 0.3) is 0 Å². The number of halogens is 1. The van der Waals surface area contributed by atoms with Crippen molar-refractivity contribution in [1.82, 2.24) is 31.9 Å². The molecule has 77 heavy (non-hydrogen) atoms. The second-order valence-electron chi connectivity index (χ2n) is 19.9. The summed E-state index contributed by atoms with van der Waals surface area (Å²) in [6, 6.07) is 35.2. The Bertz CT molecular complexity index is 3110. The van der Waals surface area contributed by atoms with Gasteiger partial charge in [-0.05, 0) is 145 Å². The molecule has 0 heterocycles. The maximum absolute atomic E-state index is 13.8. The summed E-state index contributed by atoms with van der Waals surface area (Å²) >= 11 is 6.53. The van der Waals surface area contributed by atoms with E-state index >= 15 is 0 Å². The number of benzene rings is 6. The monoisotopic (exact) mass is 1060 g/mol. The number of carboxylic acid groups (broad SMARTS) is 2. The van der Waals surface area contributed by atoms with Gasteiger partial charge in [-0.3, -0.25) is 20.2 Å². The van der Waals surface area contributed by atoms with Crippen molar-refractivity contribution in [2.45, 2.75) is 103 Å². The zero-order valence-corrected chi connectivity index (χ0v) is 44.3. The zero-order valence-electron chi connectivity index (χ0n) is 43.5. The lowest BCUT2D eigenvalue weighted by Crippen LogP contribution is -2.52. The quantitative estimate of drug-likeness (QED) is 0.0272. The maximum Gasteiger partial charge on any atom is 0.328 e. The molecular formula is C60H66ClN7O9. The van der Waals surface area contributed by atoms with Crippen LogP contribution in [0.3, 0.4) is 0 Å². The lowest BCUT2D eigenvalue weighted by molar-refractivity contribution is -0.140. The number of carbonyl (C=O) groups excluding carboxylic acids is 3. The minimum Gasteiger partial charge on any atom is -0.493 e. The van der Waals surface area contributed by atoms with Gasteiger partial charge < -0.3 is 46.6 Å². The number of nitrogens with one attached hydrogen (secondary N) is 7. The molecule has 0 radical (unpaired) electrons. The number of aliphatic hydroxyl groups excluding tert-OH is 1. The van der Waals surface area contributed by atoms with E-state index in [1.165, 1.54) is 11.6 Å². The van der Waals surface area contributed by atoms with E-state index in [1.54, 1.807) is 19.9 Å². The lowest BCUT2D eigenvalue weighted by Gasteiger charge is -2.23. The molecule has 0 bridgehead atoms. The van der Waals surface area contributed by atoms with E-state index in [1.807, 2.05) is 91.9 Å². The van der Waals surface area contributed by atoms with Crippen molar-refractivity contribution in [3.8, 4) is 5.75 Å². The standard InChI is InChI=1S/C60H66ClN7O9/c1-34-20-23-48(37(4)53(34)55(69)65-51(57(71)72)32-62-59(75)67-49-24-21-39-14-8-9-18-45(39)49)64-42-17-10-15-40(30-42)35(2)28-41-16-11-19-46-44(41)22-25-50(46)68-60(76)63-33-52(58(73)74)66-56(70)54-36(3)29-43(31-47(54)61)77-27-26-38-12-6-5-7-13-38/h5-20,23,29-31,35,49-52,59,62,64,67,75H,21-22,24-28,32-33H2,1-4H3,(H,65,69)(H,66,70)(H,71,72)(H,73,74)(H2,63,68,76)/t35?,49-,50-,51+,52+,59?/m1/s1. The smallest absolute Gasteiger partial charge is 0.328 e. The SMILES string of the molecule is Cc1cc(OCCc2ccccc2)cc(Cl)c1C(=O)N[C@@H](CNC(=O)N[C@@H]1CCc2c(CC(C)c3cccc(Nc4ccc(C)c(C(=O)N[C@@H](CNC(O)N[C@@H]5CCc6ccccc65)C(=O)O)c4C)c3)cccc21)C(=O)O. The van der Waals surface area contributed by atoms with Gasteiger partial charge >= 0.3 is 18.0 Å². The highest BCUT2D eigenvalue weighted by Crippen LogP contribution is 2.37. The number of hydrogen-bond donors (Lipinski definition) is 10. The van der Waals surface area contributed by atoms with Crippen molar-refractivity contribution in [2.75, 3.05) is 25.0 Å². The molecular weight excluding hydrogens is 998 g/mol. The van der Waals surface area contributed by atoms with Gasteiger partial charge in [0.25, 0.3) is 11.8 Å². The molecule has 402 valence electrons. The van der Waals surface area contributed by atoms with Crippen LogP contribution in [0.4, 0.5) is 16.2 Å². The Morgan fingerprint density at radius 3 is 2.16 bits per heavy atom. The fraction of sp³-hybridized carbons (Fsp3) is 0.317.